The lowest BCUT2D eigenvalue weighted by Crippen LogP contribution is -2.37. The Bertz CT molecular complexity index is 919. The maximum atomic E-state index is 12.9. The quantitative estimate of drug-likeness (QED) is 0.465. The number of aryl methyl sites for hydroxylation is 1. The molecule has 28 heavy (non-hydrogen) atoms. The van der Waals surface area contributed by atoms with Crippen molar-refractivity contribution in [1.29, 1.82) is 0 Å². The molecular weight excluding hydrogens is 388 g/mol. The van der Waals surface area contributed by atoms with E-state index in [4.69, 9.17) is 9.72 Å². The Morgan fingerprint density at radius 1 is 1.21 bits per heavy atom. The van der Waals surface area contributed by atoms with Crippen molar-refractivity contribution in [3.05, 3.63) is 67.8 Å². The smallest absolute Gasteiger partial charge is 0.264 e. The lowest BCUT2D eigenvalue weighted by molar-refractivity contribution is 0.0674. The Morgan fingerprint density at radius 3 is 2.75 bits per heavy atom. The predicted octanol–water partition coefficient (Wildman–Crippen LogP) is 5.84. The minimum Gasteiger partial charge on any atom is -0.486 e. The van der Waals surface area contributed by atoms with E-state index in [1.165, 1.54) is 16.9 Å². The molecule has 0 fully saturated rings. The third kappa shape index (κ3) is 4.80. The topological polar surface area (TPSA) is 42.4 Å². The Kier molecular flexibility index (Phi) is 6.86. The van der Waals surface area contributed by atoms with Gasteiger partial charge in [0.1, 0.15) is 17.4 Å². The minimum atomic E-state index is 0.0746. The van der Waals surface area contributed by atoms with Gasteiger partial charge in [-0.1, -0.05) is 25.1 Å². The molecule has 4 nitrogen and oxygen atoms in total. The summed E-state index contributed by atoms with van der Waals surface area (Å²) in [4.78, 5) is 20.3. The molecule has 0 aliphatic carbocycles. The SMILES string of the molecule is CCC(C)N(Cc1csc(COc2cccc(C)c2C)n1)C(=O)c1cccs1. The van der Waals surface area contributed by atoms with Crippen molar-refractivity contribution >= 4 is 28.6 Å². The molecule has 0 saturated carbocycles. The van der Waals surface area contributed by atoms with E-state index in [2.05, 4.69) is 33.8 Å². The van der Waals surface area contributed by atoms with Gasteiger partial charge < -0.3 is 9.64 Å². The summed E-state index contributed by atoms with van der Waals surface area (Å²) in [5.74, 6) is 0.969. The van der Waals surface area contributed by atoms with Crippen LogP contribution in [0.2, 0.25) is 0 Å². The number of thiophene rings is 1. The largest absolute Gasteiger partial charge is 0.486 e. The molecule has 2 aromatic heterocycles. The van der Waals surface area contributed by atoms with Gasteiger partial charge in [-0.3, -0.25) is 4.79 Å². The number of amides is 1. The lowest BCUT2D eigenvalue weighted by atomic mass is 10.1. The maximum Gasteiger partial charge on any atom is 0.264 e. The molecule has 1 unspecified atom stereocenters. The highest BCUT2D eigenvalue weighted by Gasteiger charge is 2.22. The summed E-state index contributed by atoms with van der Waals surface area (Å²) >= 11 is 3.06. The van der Waals surface area contributed by atoms with E-state index in [-0.39, 0.29) is 11.9 Å². The van der Waals surface area contributed by atoms with E-state index in [9.17, 15) is 4.79 Å². The molecular formula is C22H26N2O2S2. The number of nitrogens with zero attached hydrogens (tertiary/aromatic N) is 2. The van der Waals surface area contributed by atoms with Gasteiger partial charge in [-0.25, -0.2) is 4.98 Å². The van der Waals surface area contributed by atoms with Crippen LogP contribution in [-0.2, 0) is 13.2 Å². The Hall–Kier alpha value is -2.18. The first-order valence-corrected chi connectivity index (χ1v) is 11.2. The van der Waals surface area contributed by atoms with E-state index in [0.717, 1.165) is 33.3 Å². The average molecular weight is 415 g/mol. The molecule has 2 heterocycles. The molecule has 6 heteroatoms. The molecule has 1 atom stereocenters. The fourth-order valence-electron chi connectivity index (χ4n) is 2.87. The molecule has 1 aromatic carbocycles. The summed E-state index contributed by atoms with van der Waals surface area (Å²) in [5.41, 5.74) is 3.28. The van der Waals surface area contributed by atoms with Crippen molar-refractivity contribution in [2.45, 2.75) is 53.3 Å². The van der Waals surface area contributed by atoms with Gasteiger partial charge in [0.25, 0.3) is 5.91 Å². The lowest BCUT2D eigenvalue weighted by Gasteiger charge is -2.27. The van der Waals surface area contributed by atoms with E-state index in [0.29, 0.717) is 13.2 Å². The van der Waals surface area contributed by atoms with E-state index < -0.39 is 0 Å². The fraction of sp³-hybridized carbons (Fsp3) is 0.364. The third-order valence-corrected chi connectivity index (χ3v) is 6.68. The number of hydrogen-bond acceptors (Lipinski definition) is 5. The molecule has 3 rings (SSSR count). The van der Waals surface area contributed by atoms with Crippen LogP contribution in [0.5, 0.6) is 5.75 Å². The molecule has 0 N–H and O–H groups in total. The van der Waals surface area contributed by atoms with Crippen molar-refractivity contribution in [3.8, 4) is 5.75 Å². The number of carbonyl (C=O) groups excluding carboxylic acids is 1. The molecule has 0 bridgehead atoms. The van der Waals surface area contributed by atoms with Crippen molar-refractivity contribution in [1.82, 2.24) is 9.88 Å². The van der Waals surface area contributed by atoms with E-state index in [1.807, 2.05) is 39.9 Å². The highest BCUT2D eigenvalue weighted by atomic mass is 32.1. The third-order valence-electron chi connectivity index (χ3n) is 4.95. The molecule has 3 aromatic rings. The van der Waals surface area contributed by atoms with Crippen molar-refractivity contribution < 1.29 is 9.53 Å². The van der Waals surface area contributed by atoms with Gasteiger partial charge in [0.05, 0.1) is 17.1 Å². The summed E-state index contributed by atoms with van der Waals surface area (Å²) in [6, 6.07) is 10.0. The highest BCUT2D eigenvalue weighted by molar-refractivity contribution is 7.12. The highest BCUT2D eigenvalue weighted by Crippen LogP contribution is 2.23. The number of carbonyl (C=O) groups is 1. The van der Waals surface area contributed by atoms with E-state index in [1.54, 1.807) is 11.3 Å². The van der Waals surface area contributed by atoms with Gasteiger partial charge in [0.15, 0.2) is 0 Å². The van der Waals surface area contributed by atoms with Crippen LogP contribution in [0.15, 0.2) is 41.1 Å². The van der Waals surface area contributed by atoms with Gasteiger partial charge >= 0.3 is 0 Å². The monoisotopic (exact) mass is 414 g/mol. The van der Waals surface area contributed by atoms with Crippen LogP contribution in [0, 0.1) is 13.8 Å². The Morgan fingerprint density at radius 2 is 2.04 bits per heavy atom. The van der Waals surface area contributed by atoms with Gasteiger partial charge in [0.2, 0.25) is 0 Å². The first kappa shape index (κ1) is 20.6. The number of aromatic nitrogens is 1. The van der Waals surface area contributed by atoms with Crippen LogP contribution in [0.1, 0.15) is 51.8 Å². The zero-order valence-electron chi connectivity index (χ0n) is 16.8. The molecule has 148 valence electrons. The molecule has 0 aliphatic rings. The van der Waals surface area contributed by atoms with Gasteiger partial charge in [-0.05, 0) is 55.8 Å². The van der Waals surface area contributed by atoms with Crippen LogP contribution in [-0.4, -0.2) is 21.8 Å². The van der Waals surface area contributed by atoms with Crippen molar-refractivity contribution in [2.75, 3.05) is 0 Å². The van der Waals surface area contributed by atoms with E-state index >= 15 is 0 Å². The minimum absolute atomic E-state index is 0.0746. The first-order chi connectivity index (χ1) is 13.5. The maximum absolute atomic E-state index is 12.9. The Labute approximate surface area is 174 Å². The normalized spacial score (nSPS) is 12.0. The summed E-state index contributed by atoms with van der Waals surface area (Å²) in [6.45, 7) is 9.30. The van der Waals surface area contributed by atoms with Crippen LogP contribution < -0.4 is 4.74 Å². The molecule has 0 saturated heterocycles. The molecule has 0 aliphatic heterocycles. The van der Waals surface area contributed by atoms with Gasteiger partial charge in [-0.2, -0.15) is 0 Å². The molecule has 0 spiro atoms. The number of ether oxygens (including phenoxy) is 1. The molecule has 0 radical (unpaired) electrons. The zero-order valence-corrected chi connectivity index (χ0v) is 18.4. The van der Waals surface area contributed by atoms with Crippen LogP contribution in [0.4, 0.5) is 0 Å². The summed E-state index contributed by atoms with van der Waals surface area (Å²) < 4.78 is 5.97. The zero-order chi connectivity index (χ0) is 20.1. The number of rotatable bonds is 8. The molecule has 1 amide bonds. The standard InChI is InChI=1S/C22H26N2O2S2/c1-5-16(3)24(22(25)20-10-7-11-27-20)12-18-14-28-21(23-18)13-26-19-9-6-8-15(2)17(19)4/h6-11,14,16H,5,12-13H2,1-4H3. The van der Waals surface area contributed by atoms with Crippen molar-refractivity contribution in [2.24, 2.45) is 0 Å². The summed E-state index contributed by atoms with van der Waals surface area (Å²) in [5, 5.41) is 4.88. The van der Waals surface area contributed by atoms with Crippen LogP contribution in [0.3, 0.4) is 0 Å². The van der Waals surface area contributed by atoms with Crippen molar-refractivity contribution in [3.63, 3.8) is 0 Å². The Balaban J connectivity index is 1.67. The van der Waals surface area contributed by atoms with Crippen LogP contribution >= 0.6 is 22.7 Å². The number of thiazole rings is 1. The summed E-state index contributed by atoms with van der Waals surface area (Å²) in [7, 11) is 0. The fourth-order valence-corrected chi connectivity index (χ4v) is 4.25. The first-order valence-electron chi connectivity index (χ1n) is 9.46. The second-order valence-electron chi connectivity index (χ2n) is 6.89. The average Bonchev–Trinajstić information content (AvgIpc) is 3.38. The number of hydrogen-bond donors (Lipinski definition) is 0. The van der Waals surface area contributed by atoms with Gasteiger partial charge in [-0.15, -0.1) is 22.7 Å². The predicted molar refractivity (Wildman–Crippen MR) is 116 cm³/mol. The summed E-state index contributed by atoms with van der Waals surface area (Å²) in [6.07, 6.45) is 0.907. The second kappa shape index (κ2) is 9.34. The van der Waals surface area contributed by atoms with Gasteiger partial charge in [0, 0.05) is 11.4 Å². The number of benzene rings is 1. The second-order valence-corrected chi connectivity index (χ2v) is 8.78. The van der Waals surface area contributed by atoms with Crippen LogP contribution in [0.25, 0.3) is 0 Å².